The van der Waals surface area contributed by atoms with E-state index in [-0.39, 0.29) is 0 Å². The van der Waals surface area contributed by atoms with E-state index in [9.17, 15) is 0 Å². The van der Waals surface area contributed by atoms with Gasteiger partial charge in [-0.1, -0.05) is 12.1 Å². The van der Waals surface area contributed by atoms with Crippen molar-refractivity contribution in [3.05, 3.63) is 47.1 Å². The summed E-state index contributed by atoms with van der Waals surface area (Å²) in [5.41, 5.74) is 3.35. The van der Waals surface area contributed by atoms with Gasteiger partial charge in [-0.3, -0.25) is 0 Å². The summed E-state index contributed by atoms with van der Waals surface area (Å²) >= 11 is 1.69. The molecule has 1 fully saturated rings. The van der Waals surface area contributed by atoms with Crippen LogP contribution in [0.2, 0.25) is 0 Å². The van der Waals surface area contributed by atoms with E-state index in [4.69, 9.17) is 4.74 Å². The summed E-state index contributed by atoms with van der Waals surface area (Å²) in [5, 5.41) is 3.17. The molecule has 23 heavy (non-hydrogen) atoms. The van der Waals surface area contributed by atoms with E-state index in [1.165, 1.54) is 5.56 Å². The number of fused-ring (bicyclic) bond motifs is 1. The number of benzene rings is 1. The molecule has 4 nitrogen and oxygen atoms in total. The summed E-state index contributed by atoms with van der Waals surface area (Å²) in [6.45, 7) is 2.24. The summed E-state index contributed by atoms with van der Waals surface area (Å²) < 4.78 is 6.27. The molecule has 120 valence electrons. The van der Waals surface area contributed by atoms with Gasteiger partial charge < -0.3 is 14.6 Å². The molecule has 0 unspecified atom stereocenters. The molecule has 0 atom stereocenters. The Morgan fingerprint density at radius 1 is 1.26 bits per heavy atom. The van der Waals surface area contributed by atoms with Crippen molar-refractivity contribution in [1.29, 1.82) is 0 Å². The van der Waals surface area contributed by atoms with Gasteiger partial charge in [-0.05, 0) is 43.5 Å². The Balaban J connectivity index is 1.48. The smallest absolute Gasteiger partial charge is 0.177 e. The van der Waals surface area contributed by atoms with Gasteiger partial charge >= 0.3 is 0 Å². The lowest BCUT2D eigenvalue weighted by Crippen LogP contribution is -2.35. The fraction of sp³-hybridized carbons (Fsp3) is 0.389. The molecule has 0 bridgehead atoms. The number of imidazole rings is 1. The van der Waals surface area contributed by atoms with Crippen molar-refractivity contribution in [3.63, 3.8) is 0 Å². The van der Waals surface area contributed by atoms with Crippen LogP contribution in [0.25, 0.3) is 11.0 Å². The van der Waals surface area contributed by atoms with Gasteiger partial charge in [0.05, 0.1) is 11.0 Å². The first-order chi connectivity index (χ1) is 11.3. The fourth-order valence-corrected chi connectivity index (χ4v) is 3.92. The van der Waals surface area contributed by atoms with Crippen LogP contribution in [-0.4, -0.2) is 41.1 Å². The Morgan fingerprint density at radius 2 is 2.09 bits per heavy atom. The average molecular weight is 327 g/mol. The van der Waals surface area contributed by atoms with Gasteiger partial charge in [0.15, 0.2) is 5.06 Å². The minimum atomic E-state index is 0.347. The number of nitrogens with one attached hydrogen (secondary N) is 1. The third-order valence-electron chi connectivity index (χ3n) is 4.44. The molecule has 5 heteroatoms. The number of aromatic nitrogens is 2. The molecule has 1 aliphatic rings. The van der Waals surface area contributed by atoms with E-state index < -0.39 is 0 Å². The van der Waals surface area contributed by atoms with E-state index in [1.54, 1.807) is 11.3 Å². The van der Waals surface area contributed by atoms with E-state index in [1.807, 2.05) is 18.2 Å². The van der Waals surface area contributed by atoms with Crippen LogP contribution >= 0.6 is 11.3 Å². The molecule has 0 saturated carbocycles. The minimum absolute atomic E-state index is 0.347. The molecule has 0 spiro atoms. The summed E-state index contributed by atoms with van der Waals surface area (Å²) in [7, 11) is 2.17. The number of thiophene rings is 1. The molecule has 2 aromatic heterocycles. The molecule has 4 rings (SSSR count). The van der Waals surface area contributed by atoms with Crippen molar-refractivity contribution in [2.75, 3.05) is 20.1 Å². The topological polar surface area (TPSA) is 41.1 Å². The van der Waals surface area contributed by atoms with Crippen LogP contribution in [0.4, 0.5) is 0 Å². The van der Waals surface area contributed by atoms with Gasteiger partial charge in [-0.15, -0.1) is 11.3 Å². The lowest BCUT2D eigenvalue weighted by Gasteiger charge is -2.29. The molecular formula is C18H21N3OS. The highest BCUT2D eigenvalue weighted by atomic mass is 32.1. The van der Waals surface area contributed by atoms with Crippen LogP contribution in [0.5, 0.6) is 5.06 Å². The van der Waals surface area contributed by atoms with Gasteiger partial charge in [-0.25, -0.2) is 4.98 Å². The van der Waals surface area contributed by atoms with Crippen LogP contribution in [0.15, 0.2) is 35.7 Å². The Labute approximate surface area is 140 Å². The van der Waals surface area contributed by atoms with E-state index in [0.717, 1.165) is 54.3 Å². The zero-order chi connectivity index (χ0) is 15.6. The number of para-hydroxylation sites is 2. The van der Waals surface area contributed by atoms with Crippen molar-refractivity contribution in [1.82, 2.24) is 14.9 Å². The SMILES string of the molecule is CN1CCC(Oc2sccc2Cc2nc3ccccc3[nH]2)CC1. The Bertz CT molecular complexity index is 753. The highest BCUT2D eigenvalue weighted by molar-refractivity contribution is 7.12. The quantitative estimate of drug-likeness (QED) is 0.794. The monoisotopic (exact) mass is 327 g/mol. The van der Waals surface area contributed by atoms with Gasteiger partial charge in [0.2, 0.25) is 0 Å². The number of hydrogen-bond donors (Lipinski definition) is 1. The lowest BCUT2D eigenvalue weighted by molar-refractivity contribution is 0.117. The zero-order valence-corrected chi connectivity index (χ0v) is 14.1. The number of nitrogens with zero attached hydrogens (tertiary/aromatic N) is 2. The second-order valence-corrected chi connectivity index (χ2v) is 7.11. The number of hydrogen-bond acceptors (Lipinski definition) is 4. The number of rotatable bonds is 4. The molecule has 1 aromatic carbocycles. The largest absolute Gasteiger partial charge is 0.480 e. The molecule has 0 radical (unpaired) electrons. The number of piperidine rings is 1. The second kappa shape index (κ2) is 6.34. The zero-order valence-electron chi connectivity index (χ0n) is 13.3. The number of ether oxygens (including phenoxy) is 1. The molecule has 1 aliphatic heterocycles. The van der Waals surface area contributed by atoms with Crippen molar-refractivity contribution >= 4 is 22.4 Å². The minimum Gasteiger partial charge on any atom is -0.480 e. The normalized spacial score (nSPS) is 16.9. The molecule has 3 heterocycles. The number of aromatic amines is 1. The van der Waals surface area contributed by atoms with Gasteiger partial charge in [0.1, 0.15) is 11.9 Å². The lowest BCUT2D eigenvalue weighted by atomic mass is 10.1. The Morgan fingerprint density at radius 3 is 2.91 bits per heavy atom. The maximum Gasteiger partial charge on any atom is 0.177 e. The average Bonchev–Trinajstić information content (AvgIpc) is 3.16. The first kappa shape index (κ1) is 14.7. The highest BCUT2D eigenvalue weighted by Crippen LogP contribution is 2.30. The number of likely N-dealkylation sites (tertiary alicyclic amines) is 1. The first-order valence-corrected chi connectivity index (χ1v) is 9.01. The van der Waals surface area contributed by atoms with Crippen molar-refractivity contribution in [3.8, 4) is 5.06 Å². The molecule has 1 saturated heterocycles. The first-order valence-electron chi connectivity index (χ1n) is 8.13. The Kier molecular flexibility index (Phi) is 4.06. The van der Waals surface area contributed by atoms with E-state index >= 15 is 0 Å². The van der Waals surface area contributed by atoms with Crippen LogP contribution in [-0.2, 0) is 6.42 Å². The molecule has 0 amide bonds. The maximum atomic E-state index is 6.27. The van der Waals surface area contributed by atoms with Crippen LogP contribution in [0.3, 0.4) is 0 Å². The van der Waals surface area contributed by atoms with Gasteiger partial charge in [0.25, 0.3) is 0 Å². The van der Waals surface area contributed by atoms with Crippen molar-refractivity contribution < 1.29 is 4.74 Å². The van der Waals surface area contributed by atoms with Crippen molar-refractivity contribution in [2.24, 2.45) is 0 Å². The highest BCUT2D eigenvalue weighted by Gasteiger charge is 2.20. The predicted octanol–water partition coefficient (Wildman–Crippen LogP) is 3.69. The van der Waals surface area contributed by atoms with Crippen molar-refractivity contribution in [2.45, 2.75) is 25.4 Å². The van der Waals surface area contributed by atoms with Crippen LogP contribution < -0.4 is 4.74 Å². The predicted molar refractivity (Wildman–Crippen MR) is 94.4 cm³/mol. The van der Waals surface area contributed by atoms with E-state index in [2.05, 4.69) is 39.4 Å². The third-order valence-corrected chi connectivity index (χ3v) is 5.29. The third kappa shape index (κ3) is 3.26. The summed E-state index contributed by atoms with van der Waals surface area (Å²) in [6.07, 6.45) is 3.36. The van der Waals surface area contributed by atoms with E-state index in [0.29, 0.717) is 6.10 Å². The molecule has 1 N–H and O–H groups in total. The van der Waals surface area contributed by atoms with Crippen LogP contribution in [0, 0.1) is 0 Å². The van der Waals surface area contributed by atoms with Crippen LogP contribution in [0.1, 0.15) is 24.2 Å². The summed E-state index contributed by atoms with van der Waals surface area (Å²) in [4.78, 5) is 10.4. The Hall–Kier alpha value is -1.85. The molecule has 3 aromatic rings. The van der Waals surface area contributed by atoms with Gasteiger partial charge in [-0.2, -0.15) is 0 Å². The fourth-order valence-electron chi connectivity index (χ4n) is 3.08. The second-order valence-electron chi connectivity index (χ2n) is 6.23. The molecule has 0 aliphatic carbocycles. The molecular weight excluding hydrogens is 306 g/mol. The van der Waals surface area contributed by atoms with Gasteiger partial charge in [0, 0.05) is 25.1 Å². The standard InChI is InChI=1S/C18H21N3OS/c1-21-9-6-14(7-10-21)22-18-13(8-11-23-18)12-17-19-15-4-2-3-5-16(15)20-17/h2-5,8,11,14H,6-7,9-10,12H2,1H3,(H,19,20). The maximum absolute atomic E-state index is 6.27. The summed E-state index contributed by atoms with van der Waals surface area (Å²) in [6, 6.07) is 10.3. The summed E-state index contributed by atoms with van der Waals surface area (Å²) in [5.74, 6) is 0.998. The number of H-pyrrole nitrogens is 1.